The van der Waals surface area contributed by atoms with Gasteiger partial charge in [-0.15, -0.1) is 0 Å². The third-order valence-corrected chi connectivity index (χ3v) is 8.22. The molecule has 0 aliphatic carbocycles. The van der Waals surface area contributed by atoms with Gasteiger partial charge in [0.05, 0.1) is 0 Å². The zero-order chi connectivity index (χ0) is 9.41. The van der Waals surface area contributed by atoms with Crippen molar-refractivity contribution in [3.8, 4) is 0 Å². The first-order valence-corrected chi connectivity index (χ1v) is 6.93. The lowest BCUT2D eigenvalue weighted by Crippen LogP contribution is -2.33. The second-order valence-electron chi connectivity index (χ2n) is 4.91. The van der Waals surface area contributed by atoms with Crippen molar-refractivity contribution in [1.82, 2.24) is 4.67 Å². The number of hydrogen-bond acceptors (Lipinski definition) is 1. The normalized spacial score (nSPS) is 33.7. The maximum absolute atomic E-state index is 4.52. The topological polar surface area (TPSA) is 3.24 Å². The molecule has 0 saturated carbocycles. The summed E-state index contributed by atoms with van der Waals surface area (Å²) in [5, 5.41) is 0.405. The number of nitrogens with zero attached hydrogens (tertiary/aromatic N) is 1. The molecule has 1 fully saturated rings. The van der Waals surface area contributed by atoms with Crippen LogP contribution in [0.3, 0.4) is 0 Å². The SMILES string of the molecule is C=P1(C(C)(C)C)CCCCN1C. The highest BCUT2D eigenvalue weighted by Crippen LogP contribution is 2.61. The fourth-order valence-corrected chi connectivity index (χ4v) is 5.23. The highest BCUT2D eigenvalue weighted by atomic mass is 31.2. The van der Waals surface area contributed by atoms with Crippen molar-refractivity contribution in [2.24, 2.45) is 0 Å². The minimum atomic E-state index is -1.05. The minimum absolute atomic E-state index is 0.405. The van der Waals surface area contributed by atoms with E-state index in [2.05, 4.69) is 38.8 Å². The molecule has 0 aromatic heterocycles. The predicted octanol–water partition coefficient (Wildman–Crippen LogP) is 2.88. The van der Waals surface area contributed by atoms with Gasteiger partial charge in [-0.3, -0.25) is 4.67 Å². The smallest absolute Gasteiger partial charge is 0.00173 e. The van der Waals surface area contributed by atoms with E-state index in [1.165, 1.54) is 25.5 Å². The van der Waals surface area contributed by atoms with Crippen LogP contribution < -0.4 is 0 Å². The average molecular weight is 187 g/mol. The summed E-state index contributed by atoms with van der Waals surface area (Å²) in [4.78, 5) is 0. The predicted molar refractivity (Wildman–Crippen MR) is 60.5 cm³/mol. The Morgan fingerprint density at radius 3 is 2.17 bits per heavy atom. The first kappa shape index (κ1) is 10.3. The molecule has 0 amide bonds. The van der Waals surface area contributed by atoms with Crippen molar-refractivity contribution in [3.63, 3.8) is 0 Å². The van der Waals surface area contributed by atoms with Crippen LogP contribution in [0.2, 0.25) is 0 Å². The van der Waals surface area contributed by atoms with Crippen molar-refractivity contribution in [2.45, 2.75) is 38.8 Å². The first-order valence-electron chi connectivity index (χ1n) is 4.82. The van der Waals surface area contributed by atoms with Crippen LogP contribution in [0.25, 0.3) is 0 Å². The van der Waals surface area contributed by atoms with Gasteiger partial charge in [0.1, 0.15) is 0 Å². The molecule has 12 heavy (non-hydrogen) atoms. The summed E-state index contributed by atoms with van der Waals surface area (Å²) in [5.41, 5.74) is 0. The van der Waals surface area contributed by atoms with Crippen LogP contribution in [0.4, 0.5) is 0 Å². The summed E-state index contributed by atoms with van der Waals surface area (Å²) in [5.74, 6) is 0. The van der Waals surface area contributed by atoms with Crippen molar-refractivity contribution in [1.29, 1.82) is 0 Å². The molecule has 2 heteroatoms. The van der Waals surface area contributed by atoms with Gasteiger partial charge in [0, 0.05) is 6.54 Å². The van der Waals surface area contributed by atoms with E-state index >= 15 is 0 Å². The molecular weight excluding hydrogens is 165 g/mol. The molecule has 1 nitrogen and oxygen atoms in total. The van der Waals surface area contributed by atoms with Gasteiger partial charge < -0.3 is 0 Å². The van der Waals surface area contributed by atoms with Crippen molar-refractivity contribution in [2.75, 3.05) is 19.8 Å². The van der Waals surface area contributed by atoms with E-state index < -0.39 is 7.04 Å². The van der Waals surface area contributed by atoms with E-state index in [0.717, 1.165) is 0 Å². The summed E-state index contributed by atoms with van der Waals surface area (Å²) in [7, 11) is 1.20. The number of hydrogen-bond donors (Lipinski definition) is 0. The molecule has 0 aromatic carbocycles. The van der Waals surface area contributed by atoms with Crippen LogP contribution in [0, 0.1) is 0 Å². The Labute approximate surface area is 77.2 Å². The Bertz CT molecular complexity index is 202. The zero-order valence-electron chi connectivity index (χ0n) is 8.93. The van der Waals surface area contributed by atoms with Gasteiger partial charge in [-0.2, -0.15) is 0 Å². The number of rotatable bonds is 0. The minimum Gasteiger partial charge on any atom is -0.286 e. The highest BCUT2D eigenvalue weighted by Gasteiger charge is 2.34. The van der Waals surface area contributed by atoms with Crippen LogP contribution >= 0.6 is 7.04 Å². The molecule has 1 unspecified atom stereocenters. The molecule has 1 aliphatic rings. The standard InChI is InChI=1S/C10H22NP/c1-10(2,3)12(5)9-7-6-8-11(12)4/h5-9H2,1-4H3. The first-order chi connectivity index (χ1) is 5.38. The van der Waals surface area contributed by atoms with Crippen LogP contribution in [0.5, 0.6) is 0 Å². The van der Waals surface area contributed by atoms with Crippen molar-refractivity contribution in [3.05, 3.63) is 0 Å². The Morgan fingerprint density at radius 1 is 1.25 bits per heavy atom. The summed E-state index contributed by atoms with van der Waals surface area (Å²) < 4.78 is 2.54. The lowest BCUT2D eigenvalue weighted by atomic mass is 10.3. The molecule has 0 bridgehead atoms. The van der Waals surface area contributed by atoms with E-state index in [9.17, 15) is 0 Å². The molecule has 1 saturated heterocycles. The Kier molecular flexibility index (Phi) is 2.75. The largest absolute Gasteiger partial charge is 0.286 e. The summed E-state index contributed by atoms with van der Waals surface area (Å²) in [6, 6.07) is 0. The molecule has 1 aliphatic heterocycles. The van der Waals surface area contributed by atoms with Crippen LogP contribution in [0.1, 0.15) is 33.6 Å². The summed E-state index contributed by atoms with van der Waals surface area (Å²) in [6.07, 6.45) is 8.63. The molecule has 1 heterocycles. The third kappa shape index (κ3) is 1.63. The third-order valence-electron chi connectivity index (χ3n) is 3.16. The van der Waals surface area contributed by atoms with Crippen LogP contribution in [0.15, 0.2) is 0 Å². The fourth-order valence-electron chi connectivity index (χ4n) is 1.92. The van der Waals surface area contributed by atoms with Gasteiger partial charge in [-0.05, 0) is 38.2 Å². The van der Waals surface area contributed by atoms with Gasteiger partial charge in [-0.1, -0.05) is 27.1 Å². The lowest BCUT2D eigenvalue weighted by Gasteiger charge is -2.47. The zero-order valence-corrected chi connectivity index (χ0v) is 9.82. The maximum Gasteiger partial charge on any atom is 0.00173 e. The summed E-state index contributed by atoms with van der Waals surface area (Å²) >= 11 is 0. The lowest BCUT2D eigenvalue weighted by molar-refractivity contribution is 0.475. The van der Waals surface area contributed by atoms with Gasteiger partial charge in [0.25, 0.3) is 0 Å². The average Bonchev–Trinajstić information content (AvgIpc) is 1.93. The Morgan fingerprint density at radius 2 is 1.83 bits per heavy atom. The van der Waals surface area contributed by atoms with E-state index in [4.69, 9.17) is 0 Å². The van der Waals surface area contributed by atoms with Crippen molar-refractivity contribution < 1.29 is 0 Å². The van der Waals surface area contributed by atoms with E-state index in [1.54, 1.807) is 0 Å². The van der Waals surface area contributed by atoms with E-state index in [-0.39, 0.29) is 0 Å². The van der Waals surface area contributed by atoms with Crippen molar-refractivity contribution >= 4 is 13.3 Å². The molecule has 1 rings (SSSR count). The summed E-state index contributed by atoms with van der Waals surface area (Å²) in [6.45, 7) is 8.29. The fraction of sp³-hybridized carbons (Fsp3) is 0.900. The quantitative estimate of drug-likeness (QED) is 0.527. The van der Waals surface area contributed by atoms with Gasteiger partial charge in [0.15, 0.2) is 0 Å². The molecule has 0 radical (unpaired) electrons. The Balaban J connectivity index is 2.88. The van der Waals surface area contributed by atoms with Gasteiger partial charge >= 0.3 is 0 Å². The molecule has 0 N–H and O–H groups in total. The van der Waals surface area contributed by atoms with E-state index in [0.29, 0.717) is 5.16 Å². The molecule has 72 valence electrons. The van der Waals surface area contributed by atoms with Gasteiger partial charge in [-0.25, -0.2) is 0 Å². The highest BCUT2D eigenvalue weighted by molar-refractivity contribution is 7.72. The monoisotopic (exact) mass is 187 g/mol. The molecule has 0 aromatic rings. The molecule has 0 spiro atoms. The van der Waals surface area contributed by atoms with Crippen LogP contribution in [-0.4, -0.2) is 35.9 Å². The molecule has 1 atom stereocenters. The van der Waals surface area contributed by atoms with Gasteiger partial charge in [0.2, 0.25) is 0 Å². The van der Waals surface area contributed by atoms with E-state index in [1.807, 2.05) is 0 Å². The maximum atomic E-state index is 4.52. The Hall–Kier alpha value is 0.260. The second-order valence-corrected chi connectivity index (χ2v) is 9.22. The molecular formula is C10H22NP. The van der Waals surface area contributed by atoms with Crippen LogP contribution in [-0.2, 0) is 0 Å². The second kappa shape index (κ2) is 3.20.